The van der Waals surface area contributed by atoms with Crippen molar-refractivity contribution in [2.45, 2.75) is 13.5 Å². The predicted octanol–water partition coefficient (Wildman–Crippen LogP) is 2.38. The van der Waals surface area contributed by atoms with Gasteiger partial charge in [0.25, 0.3) is 11.8 Å². The summed E-state index contributed by atoms with van der Waals surface area (Å²) >= 11 is 0. The van der Waals surface area contributed by atoms with Crippen molar-refractivity contribution in [3.05, 3.63) is 59.7 Å². The third kappa shape index (κ3) is 6.12. The smallest absolute Gasteiger partial charge is 0.259 e. The van der Waals surface area contributed by atoms with Gasteiger partial charge in [0, 0.05) is 45.9 Å². The number of hydrogen-bond donors (Lipinski definition) is 1. The van der Waals surface area contributed by atoms with Crippen molar-refractivity contribution in [3.8, 4) is 5.75 Å². The maximum atomic E-state index is 12.5. The lowest BCUT2D eigenvalue weighted by Gasteiger charge is -2.15. The molecule has 0 fully saturated rings. The number of likely N-dealkylation sites (N-methyl/N-ethyl adjacent to an activating group) is 1. The minimum Gasteiger partial charge on any atom is -0.484 e. The van der Waals surface area contributed by atoms with E-state index in [1.165, 1.54) is 11.8 Å². The topological polar surface area (TPSA) is 79.0 Å². The molecule has 28 heavy (non-hydrogen) atoms. The zero-order valence-corrected chi connectivity index (χ0v) is 16.6. The molecule has 0 aliphatic rings. The molecule has 0 unspecified atom stereocenters. The Bertz CT molecular complexity index is 864. The van der Waals surface area contributed by atoms with Gasteiger partial charge in [-0.05, 0) is 35.9 Å². The summed E-state index contributed by atoms with van der Waals surface area (Å²) in [4.78, 5) is 38.6. The Kier molecular flexibility index (Phi) is 7.14. The third-order valence-electron chi connectivity index (χ3n) is 4.10. The van der Waals surface area contributed by atoms with E-state index < -0.39 is 0 Å². The molecule has 2 rings (SSSR count). The van der Waals surface area contributed by atoms with Crippen LogP contribution in [0, 0.1) is 0 Å². The van der Waals surface area contributed by atoms with Gasteiger partial charge in [0.2, 0.25) is 5.91 Å². The monoisotopic (exact) mass is 383 g/mol. The molecule has 0 atom stereocenters. The van der Waals surface area contributed by atoms with Gasteiger partial charge >= 0.3 is 0 Å². The van der Waals surface area contributed by atoms with Crippen molar-refractivity contribution in [3.63, 3.8) is 0 Å². The second kappa shape index (κ2) is 9.55. The molecule has 0 heterocycles. The summed E-state index contributed by atoms with van der Waals surface area (Å²) < 4.78 is 5.45. The van der Waals surface area contributed by atoms with Gasteiger partial charge in [-0.3, -0.25) is 14.4 Å². The molecule has 0 aromatic heterocycles. The number of hydrogen-bond acceptors (Lipinski definition) is 4. The first-order chi connectivity index (χ1) is 13.3. The molecule has 148 valence electrons. The van der Waals surface area contributed by atoms with Gasteiger partial charge in [-0.2, -0.15) is 0 Å². The lowest BCUT2D eigenvalue weighted by atomic mass is 10.1. The van der Waals surface area contributed by atoms with Crippen LogP contribution >= 0.6 is 0 Å². The summed E-state index contributed by atoms with van der Waals surface area (Å²) in [6, 6.07) is 14.0. The normalized spacial score (nSPS) is 10.1. The van der Waals surface area contributed by atoms with E-state index in [0.717, 1.165) is 5.56 Å². The minimum absolute atomic E-state index is 0.0287. The van der Waals surface area contributed by atoms with Crippen LogP contribution in [-0.4, -0.2) is 55.3 Å². The van der Waals surface area contributed by atoms with Crippen molar-refractivity contribution < 1.29 is 19.1 Å². The average molecular weight is 383 g/mol. The van der Waals surface area contributed by atoms with E-state index in [-0.39, 0.29) is 24.3 Å². The van der Waals surface area contributed by atoms with Crippen molar-refractivity contribution in [2.24, 2.45) is 0 Å². The van der Waals surface area contributed by atoms with Gasteiger partial charge in [0.1, 0.15) is 5.75 Å². The van der Waals surface area contributed by atoms with E-state index in [2.05, 4.69) is 5.32 Å². The van der Waals surface area contributed by atoms with Gasteiger partial charge in [0.05, 0.1) is 0 Å². The summed E-state index contributed by atoms with van der Waals surface area (Å²) in [5.41, 5.74) is 1.96. The van der Waals surface area contributed by atoms with Gasteiger partial charge in [-0.25, -0.2) is 0 Å². The Labute approximate surface area is 164 Å². The van der Waals surface area contributed by atoms with Crippen LogP contribution in [0.1, 0.15) is 22.8 Å². The summed E-state index contributed by atoms with van der Waals surface area (Å²) in [7, 11) is 5.02. The molecule has 2 aromatic carbocycles. The van der Waals surface area contributed by atoms with Crippen LogP contribution in [0.15, 0.2) is 48.5 Å². The maximum absolute atomic E-state index is 12.5. The fourth-order valence-electron chi connectivity index (χ4n) is 2.34. The number of nitrogens with one attached hydrogen (secondary N) is 1. The van der Waals surface area contributed by atoms with Gasteiger partial charge in [-0.1, -0.05) is 18.2 Å². The predicted molar refractivity (Wildman–Crippen MR) is 107 cm³/mol. The van der Waals surface area contributed by atoms with Crippen LogP contribution in [-0.2, 0) is 16.1 Å². The van der Waals surface area contributed by atoms with Crippen molar-refractivity contribution in [1.29, 1.82) is 0 Å². The first-order valence-corrected chi connectivity index (χ1v) is 8.81. The molecule has 7 heteroatoms. The van der Waals surface area contributed by atoms with Crippen LogP contribution in [0.4, 0.5) is 5.69 Å². The summed E-state index contributed by atoms with van der Waals surface area (Å²) in [6.45, 7) is 1.87. The SMILES string of the molecule is CC(=O)N(C)Cc1cccc(NC(=O)c2cccc(OCC(=O)N(C)C)c2)c1. The molecule has 7 nitrogen and oxygen atoms in total. The van der Waals surface area contributed by atoms with E-state index in [9.17, 15) is 14.4 Å². The van der Waals surface area contributed by atoms with Crippen LogP contribution < -0.4 is 10.1 Å². The summed E-state index contributed by atoms with van der Waals surface area (Å²) in [5.74, 6) is -0.0395. The van der Waals surface area contributed by atoms with Crippen LogP contribution in [0.2, 0.25) is 0 Å². The first-order valence-electron chi connectivity index (χ1n) is 8.81. The van der Waals surface area contributed by atoms with Crippen molar-refractivity contribution >= 4 is 23.4 Å². The number of amides is 3. The second-order valence-electron chi connectivity index (χ2n) is 6.63. The highest BCUT2D eigenvalue weighted by Gasteiger charge is 2.10. The van der Waals surface area contributed by atoms with E-state index in [4.69, 9.17) is 4.74 Å². The first kappa shape index (κ1) is 21.0. The number of rotatable bonds is 7. The van der Waals surface area contributed by atoms with E-state index >= 15 is 0 Å². The van der Waals surface area contributed by atoms with Crippen LogP contribution in [0.3, 0.4) is 0 Å². The number of benzene rings is 2. The minimum atomic E-state index is -0.290. The third-order valence-corrected chi connectivity index (χ3v) is 4.10. The van der Waals surface area contributed by atoms with Crippen molar-refractivity contribution in [1.82, 2.24) is 9.80 Å². The molecule has 1 N–H and O–H groups in total. The molecular formula is C21H25N3O4. The Morgan fingerprint density at radius 1 is 1.00 bits per heavy atom. The molecule has 0 saturated heterocycles. The highest BCUT2D eigenvalue weighted by Crippen LogP contribution is 2.17. The van der Waals surface area contributed by atoms with E-state index in [0.29, 0.717) is 23.5 Å². The van der Waals surface area contributed by atoms with Crippen molar-refractivity contribution in [2.75, 3.05) is 33.1 Å². The number of nitrogens with zero attached hydrogens (tertiary/aromatic N) is 2. The molecule has 0 spiro atoms. The second-order valence-corrected chi connectivity index (χ2v) is 6.63. The Balaban J connectivity index is 2.04. The van der Waals surface area contributed by atoms with Crippen LogP contribution in [0.25, 0.3) is 0 Å². The number of anilines is 1. The molecule has 0 radical (unpaired) electrons. The van der Waals surface area contributed by atoms with E-state index in [1.54, 1.807) is 56.4 Å². The largest absolute Gasteiger partial charge is 0.484 e. The standard InChI is InChI=1S/C21H25N3O4/c1-15(25)24(4)13-16-7-5-9-18(11-16)22-21(27)17-8-6-10-19(12-17)28-14-20(26)23(2)3/h5-12H,13-14H2,1-4H3,(H,22,27). The Hall–Kier alpha value is -3.35. The van der Waals surface area contributed by atoms with Gasteiger partial charge < -0.3 is 19.9 Å². The van der Waals surface area contributed by atoms with Gasteiger partial charge in [-0.15, -0.1) is 0 Å². The molecule has 0 bridgehead atoms. The quantitative estimate of drug-likeness (QED) is 0.796. The molecule has 3 amide bonds. The number of carbonyl (C=O) groups is 3. The van der Waals surface area contributed by atoms with Crippen LogP contribution in [0.5, 0.6) is 5.75 Å². The molecule has 0 saturated carbocycles. The lowest BCUT2D eigenvalue weighted by molar-refractivity contribution is -0.131. The van der Waals surface area contributed by atoms with E-state index in [1.807, 2.05) is 18.2 Å². The zero-order chi connectivity index (χ0) is 20.7. The summed E-state index contributed by atoms with van der Waals surface area (Å²) in [6.07, 6.45) is 0. The summed E-state index contributed by atoms with van der Waals surface area (Å²) in [5, 5.41) is 2.84. The lowest BCUT2D eigenvalue weighted by Crippen LogP contribution is -2.27. The average Bonchev–Trinajstić information content (AvgIpc) is 2.66. The number of carbonyl (C=O) groups excluding carboxylic acids is 3. The maximum Gasteiger partial charge on any atom is 0.259 e. The Morgan fingerprint density at radius 3 is 2.39 bits per heavy atom. The van der Waals surface area contributed by atoms with Gasteiger partial charge in [0.15, 0.2) is 6.61 Å². The molecular weight excluding hydrogens is 358 g/mol. The highest BCUT2D eigenvalue weighted by molar-refractivity contribution is 6.04. The fourth-order valence-corrected chi connectivity index (χ4v) is 2.34. The molecule has 0 aliphatic heterocycles. The fraction of sp³-hybridized carbons (Fsp3) is 0.286. The molecule has 0 aliphatic carbocycles. The highest BCUT2D eigenvalue weighted by atomic mass is 16.5. The number of ether oxygens (including phenoxy) is 1. The zero-order valence-electron chi connectivity index (χ0n) is 16.6. The molecule has 2 aromatic rings. The Morgan fingerprint density at radius 2 is 1.71 bits per heavy atom.